The molecule has 0 aliphatic carbocycles. The molecule has 1 aromatic carbocycles. The SMILES string of the molecule is O=C(Cc1ccncc1)NCC(O)c1ccccc1. The maximum atomic E-state index is 11.7. The average Bonchev–Trinajstić information content (AvgIpc) is 2.47. The van der Waals surface area contributed by atoms with Gasteiger partial charge in [-0.05, 0) is 23.3 Å². The highest BCUT2D eigenvalue weighted by atomic mass is 16.3. The fourth-order valence-corrected chi connectivity index (χ4v) is 1.75. The molecular weight excluding hydrogens is 240 g/mol. The Balaban J connectivity index is 1.81. The highest BCUT2D eigenvalue weighted by Gasteiger charge is 2.09. The summed E-state index contributed by atoms with van der Waals surface area (Å²) in [4.78, 5) is 15.6. The molecule has 0 spiro atoms. The first-order valence-corrected chi connectivity index (χ1v) is 6.14. The molecule has 2 N–H and O–H groups in total. The van der Waals surface area contributed by atoms with E-state index < -0.39 is 6.10 Å². The Hall–Kier alpha value is -2.20. The van der Waals surface area contributed by atoms with Gasteiger partial charge in [0, 0.05) is 18.9 Å². The predicted molar refractivity (Wildman–Crippen MR) is 72.4 cm³/mol. The van der Waals surface area contributed by atoms with Gasteiger partial charge in [-0.1, -0.05) is 30.3 Å². The summed E-state index contributed by atoms with van der Waals surface area (Å²) in [6, 6.07) is 12.9. The number of nitrogens with zero attached hydrogens (tertiary/aromatic N) is 1. The number of carbonyl (C=O) groups excluding carboxylic acids is 1. The molecule has 1 heterocycles. The standard InChI is InChI=1S/C15H16N2O2/c18-14(13-4-2-1-3-5-13)11-17-15(19)10-12-6-8-16-9-7-12/h1-9,14,18H,10-11H2,(H,17,19). The zero-order valence-corrected chi connectivity index (χ0v) is 10.5. The van der Waals surface area contributed by atoms with Gasteiger partial charge in [0.2, 0.25) is 5.91 Å². The Morgan fingerprint density at radius 2 is 1.84 bits per heavy atom. The normalized spacial score (nSPS) is 11.8. The van der Waals surface area contributed by atoms with Crippen LogP contribution in [0.25, 0.3) is 0 Å². The van der Waals surface area contributed by atoms with Crippen LogP contribution in [0.3, 0.4) is 0 Å². The number of aromatic nitrogens is 1. The monoisotopic (exact) mass is 256 g/mol. The van der Waals surface area contributed by atoms with Gasteiger partial charge in [0.15, 0.2) is 0 Å². The molecule has 0 radical (unpaired) electrons. The minimum Gasteiger partial charge on any atom is -0.387 e. The molecule has 4 heteroatoms. The quantitative estimate of drug-likeness (QED) is 0.851. The van der Waals surface area contributed by atoms with Gasteiger partial charge in [0.05, 0.1) is 12.5 Å². The Bertz CT molecular complexity index is 514. The number of hydrogen-bond donors (Lipinski definition) is 2. The second-order valence-electron chi connectivity index (χ2n) is 4.26. The van der Waals surface area contributed by atoms with E-state index in [1.165, 1.54) is 0 Å². The molecule has 0 bridgehead atoms. The first kappa shape index (κ1) is 13.2. The number of aliphatic hydroxyl groups is 1. The van der Waals surface area contributed by atoms with Crippen molar-refractivity contribution in [3.63, 3.8) is 0 Å². The highest BCUT2D eigenvalue weighted by molar-refractivity contribution is 5.78. The molecule has 0 saturated carbocycles. The van der Waals surface area contributed by atoms with Crippen molar-refractivity contribution in [1.29, 1.82) is 0 Å². The van der Waals surface area contributed by atoms with E-state index in [0.29, 0.717) is 6.42 Å². The van der Waals surface area contributed by atoms with Crippen molar-refractivity contribution in [2.45, 2.75) is 12.5 Å². The average molecular weight is 256 g/mol. The minimum atomic E-state index is -0.678. The van der Waals surface area contributed by atoms with Gasteiger partial charge in [-0.3, -0.25) is 9.78 Å². The predicted octanol–water partition coefficient (Wildman–Crippen LogP) is 1.47. The van der Waals surface area contributed by atoms with E-state index in [2.05, 4.69) is 10.3 Å². The third-order valence-electron chi connectivity index (χ3n) is 2.79. The largest absolute Gasteiger partial charge is 0.387 e. The van der Waals surface area contributed by atoms with E-state index in [-0.39, 0.29) is 12.5 Å². The first-order valence-electron chi connectivity index (χ1n) is 6.14. The van der Waals surface area contributed by atoms with Crippen LogP contribution in [-0.2, 0) is 11.2 Å². The van der Waals surface area contributed by atoms with E-state index in [4.69, 9.17) is 0 Å². The van der Waals surface area contributed by atoms with E-state index in [0.717, 1.165) is 11.1 Å². The number of aliphatic hydroxyl groups excluding tert-OH is 1. The van der Waals surface area contributed by atoms with Crippen LogP contribution in [0.1, 0.15) is 17.2 Å². The number of benzene rings is 1. The fourth-order valence-electron chi connectivity index (χ4n) is 1.75. The third-order valence-corrected chi connectivity index (χ3v) is 2.79. The molecule has 1 amide bonds. The Morgan fingerprint density at radius 3 is 2.53 bits per heavy atom. The lowest BCUT2D eigenvalue weighted by Crippen LogP contribution is -2.29. The van der Waals surface area contributed by atoms with Crippen molar-refractivity contribution in [1.82, 2.24) is 10.3 Å². The number of hydrogen-bond acceptors (Lipinski definition) is 3. The van der Waals surface area contributed by atoms with Crippen LogP contribution >= 0.6 is 0 Å². The van der Waals surface area contributed by atoms with Gasteiger partial charge in [-0.15, -0.1) is 0 Å². The molecule has 1 aromatic heterocycles. The molecule has 0 aliphatic heterocycles. The summed E-state index contributed by atoms with van der Waals surface area (Å²) in [5, 5.41) is 12.6. The lowest BCUT2D eigenvalue weighted by Gasteiger charge is -2.12. The van der Waals surface area contributed by atoms with Crippen LogP contribution in [0.15, 0.2) is 54.9 Å². The van der Waals surface area contributed by atoms with E-state index in [1.54, 1.807) is 24.5 Å². The molecule has 0 fully saturated rings. The van der Waals surface area contributed by atoms with Crippen LogP contribution in [0.4, 0.5) is 0 Å². The second-order valence-corrected chi connectivity index (χ2v) is 4.26. The van der Waals surface area contributed by atoms with Crippen molar-refractivity contribution in [3.05, 3.63) is 66.0 Å². The molecule has 1 atom stereocenters. The van der Waals surface area contributed by atoms with Gasteiger partial charge in [-0.2, -0.15) is 0 Å². The maximum absolute atomic E-state index is 11.7. The highest BCUT2D eigenvalue weighted by Crippen LogP contribution is 2.10. The number of rotatable bonds is 5. The zero-order valence-electron chi connectivity index (χ0n) is 10.5. The molecule has 2 aromatic rings. The third kappa shape index (κ3) is 4.19. The molecule has 0 saturated heterocycles. The van der Waals surface area contributed by atoms with Crippen molar-refractivity contribution < 1.29 is 9.90 Å². The summed E-state index contributed by atoms with van der Waals surface area (Å²) < 4.78 is 0. The summed E-state index contributed by atoms with van der Waals surface area (Å²) in [5.74, 6) is -0.110. The number of nitrogens with one attached hydrogen (secondary N) is 1. The van der Waals surface area contributed by atoms with Gasteiger partial charge in [-0.25, -0.2) is 0 Å². The molecule has 1 unspecified atom stereocenters. The maximum Gasteiger partial charge on any atom is 0.224 e. The van der Waals surface area contributed by atoms with Crippen LogP contribution in [0.2, 0.25) is 0 Å². The fraction of sp³-hybridized carbons (Fsp3) is 0.200. The van der Waals surface area contributed by atoms with Gasteiger partial charge in [0.1, 0.15) is 0 Å². The smallest absolute Gasteiger partial charge is 0.224 e. The molecule has 0 aliphatic rings. The van der Waals surface area contributed by atoms with Crippen molar-refractivity contribution in [2.24, 2.45) is 0 Å². The Morgan fingerprint density at radius 1 is 1.16 bits per heavy atom. The van der Waals surface area contributed by atoms with Gasteiger partial charge < -0.3 is 10.4 Å². The topological polar surface area (TPSA) is 62.2 Å². The van der Waals surface area contributed by atoms with E-state index >= 15 is 0 Å². The second kappa shape index (κ2) is 6.66. The van der Waals surface area contributed by atoms with E-state index in [9.17, 15) is 9.90 Å². The van der Waals surface area contributed by atoms with Crippen LogP contribution in [-0.4, -0.2) is 22.5 Å². The number of carbonyl (C=O) groups is 1. The van der Waals surface area contributed by atoms with Crippen molar-refractivity contribution in [2.75, 3.05) is 6.54 Å². The van der Waals surface area contributed by atoms with Gasteiger partial charge in [0.25, 0.3) is 0 Å². The first-order chi connectivity index (χ1) is 9.25. The number of pyridine rings is 1. The summed E-state index contributed by atoms with van der Waals surface area (Å²) in [7, 11) is 0. The lowest BCUT2D eigenvalue weighted by atomic mass is 10.1. The summed E-state index contributed by atoms with van der Waals surface area (Å²) in [6.07, 6.45) is 2.93. The molecular formula is C15H16N2O2. The summed E-state index contributed by atoms with van der Waals surface area (Å²) >= 11 is 0. The number of amides is 1. The van der Waals surface area contributed by atoms with E-state index in [1.807, 2.05) is 30.3 Å². The van der Waals surface area contributed by atoms with Crippen LogP contribution in [0.5, 0.6) is 0 Å². The minimum absolute atomic E-state index is 0.110. The molecule has 4 nitrogen and oxygen atoms in total. The lowest BCUT2D eigenvalue weighted by molar-refractivity contribution is -0.120. The summed E-state index contributed by atoms with van der Waals surface area (Å²) in [6.45, 7) is 0.216. The molecule has 2 rings (SSSR count). The van der Waals surface area contributed by atoms with Crippen LogP contribution < -0.4 is 5.32 Å². The zero-order chi connectivity index (χ0) is 13.5. The molecule has 19 heavy (non-hydrogen) atoms. The Labute approximate surface area is 112 Å². The van der Waals surface area contributed by atoms with Crippen LogP contribution in [0, 0.1) is 0 Å². The Kier molecular flexibility index (Phi) is 4.64. The molecule has 98 valence electrons. The van der Waals surface area contributed by atoms with Crippen molar-refractivity contribution in [3.8, 4) is 0 Å². The summed E-state index contributed by atoms with van der Waals surface area (Å²) in [5.41, 5.74) is 1.70. The van der Waals surface area contributed by atoms with Gasteiger partial charge >= 0.3 is 0 Å². The van der Waals surface area contributed by atoms with Crippen molar-refractivity contribution >= 4 is 5.91 Å².